The van der Waals surface area contributed by atoms with Gasteiger partial charge in [-0.3, -0.25) is 4.79 Å². The van der Waals surface area contributed by atoms with Crippen LogP contribution in [0.5, 0.6) is 5.75 Å². The maximum Gasteiger partial charge on any atom is 0.387 e. The maximum atomic E-state index is 13.3. The first-order valence-electron chi connectivity index (χ1n) is 12.5. The first-order chi connectivity index (χ1) is 17.5. The summed E-state index contributed by atoms with van der Waals surface area (Å²) in [6.45, 7) is -2.88. The van der Waals surface area contributed by atoms with Crippen molar-refractivity contribution in [3.05, 3.63) is 66.4 Å². The minimum absolute atomic E-state index is 0.0309. The standard InChI is InChI=1S/C28H28F2N4O2/c29-27(30)36-24-8-6-21(7-9-24)25-22(17-34(33-25)23-4-2-1-3-5-23)16-31-32-26(35)28-13-18-10-19(14-28)12-20(11-18)15-28/h1-9,16-20,27H,10-15H2,(H,32,35)/b31-16-. The number of carbonyl (C=O) groups excluding carboxylic acids is 1. The first kappa shape index (κ1) is 22.9. The highest BCUT2D eigenvalue weighted by molar-refractivity contribution is 5.90. The third kappa shape index (κ3) is 4.40. The molecule has 0 radical (unpaired) electrons. The molecule has 6 nitrogen and oxygen atoms in total. The molecular weight excluding hydrogens is 462 g/mol. The van der Waals surface area contributed by atoms with Gasteiger partial charge in [0.05, 0.1) is 17.3 Å². The molecule has 4 aliphatic carbocycles. The molecular formula is C28H28F2N4O2. The van der Waals surface area contributed by atoms with Crippen LogP contribution < -0.4 is 10.2 Å². The Labute approximate surface area is 208 Å². The normalized spacial score (nSPS) is 26.6. The van der Waals surface area contributed by atoms with Crippen molar-refractivity contribution in [1.82, 2.24) is 15.2 Å². The molecule has 4 aliphatic rings. The van der Waals surface area contributed by atoms with Crippen molar-refractivity contribution >= 4 is 12.1 Å². The van der Waals surface area contributed by atoms with Gasteiger partial charge in [-0.25, -0.2) is 10.1 Å². The molecule has 7 rings (SSSR count). The lowest BCUT2D eigenvalue weighted by molar-refractivity contribution is -0.146. The van der Waals surface area contributed by atoms with Crippen LogP contribution in [0.2, 0.25) is 0 Å². The van der Waals surface area contributed by atoms with Crippen molar-refractivity contribution in [2.45, 2.75) is 45.1 Å². The number of ether oxygens (including phenoxy) is 1. The van der Waals surface area contributed by atoms with Crippen LogP contribution in [0.25, 0.3) is 16.9 Å². The lowest BCUT2D eigenvalue weighted by Crippen LogP contribution is -2.52. The number of carbonyl (C=O) groups is 1. The summed E-state index contributed by atoms with van der Waals surface area (Å²) >= 11 is 0. The molecule has 1 N–H and O–H groups in total. The van der Waals surface area contributed by atoms with Crippen LogP contribution in [0.3, 0.4) is 0 Å². The van der Waals surface area contributed by atoms with Crippen LogP contribution in [0.4, 0.5) is 8.78 Å². The van der Waals surface area contributed by atoms with E-state index in [1.807, 2.05) is 36.5 Å². The molecule has 36 heavy (non-hydrogen) atoms. The van der Waals surface area contributed by atoms with Gasteiger partial charge in [0.2, 0.25) is 5.91 Å². The van der Waals surface area contributed by atoms with Crippen molar-refractivity contribution < 1.29 is 18.3 Å². The van der Waals surface area contributed by atoms with E-state index in [0.29, 0.717) is 29.0 Å². The van der Waals surface area contributed by atoms with Crippen molar-refractivity contribution in [1.29, 1.82) is 0 Å². The zero-order valence-corrected chi connectivity index (χ0v) is 19.8. The summed E-state index contributed by atoms with van der Waals surface area (Å²) in [7, 11) is 0. The predicted molar refractivity (Wildman–Crippen MR) is 132 cm³/mol. The number of amides is 1. The van der Waals surface area contributed by atoms with Crippen LogP contribution in [0.1, 0.15) is 44.1 Å². The zero-order valence-electron chi connectivity index (χ0n) is 19.8. The number of nitrogens with one attached hydrogen (secondary N) is 1. The largest absolute Gasteiger partial charge is 0.435 e. The minimum atomic E-state index is -2.88. The Morgan fingerprint density at radius 1 is 1.03 bits per heavy atom. The van der Waals surface area contributed by atoms with Gasteiger partial charge < -0.3 is 4.74 Å². The highest BCUT2D eigenvalue weighted by Crippen LogP contribution is 2.60. The molecule has 186 valence electrons. The SMILES string of the molecule is O=C(N/N=C\c1cn(-c2ccccc2)nc1-c1ccc(OC(F)F)cc1)C12CC3CC(CC(C3)C1)C2. The number of aromatic nitrogens is 2. The molecule has 0 saturated heterocycles. The van der Waals surface area contributed by atoms with E-state index in [4.69, 9.17) is 5.10 Å². The van der Waals surface area contributed by atoms with E-state index in [9.17, 15) is 13.6 Å². The van der Waals surface area contributed by atoms with Gasteiger partial charge >= 0.3 is 6.61 Å². The molecule has 4 fully saturated rings. The third-order valence-corrected chi connectivity index (χ3v) is 8.01. The number of alkyl halides is 2. The summed E-state index contributed by atoms with van der Waals surface area (Å²) in [6.07, 6.45) is 10.2. The van der Waals surface area contributed by atoms with Gasteiger partial charge in [0.25, 0.3) is 0 Å². The number of hydrogen-bond acceptors (Lipinski definition) is 4. The molecule has 0 unspecified atom stereocenters. The van der Waals surface area contributed by atoms with Crippen molar-refractivity contribution in [2.24, 2.45) is 28.3 Å². The summed E-state index contributed by atoms with van der Waals surface area (Å²) < 4.78 is 31.3. The van der Waals surface area contributed by atoms with Crippen LogP contribution >= 0.6 is 0 Å². The molecule has 2 aromatic carbocycles. The van der Waals surface area contributed by atoms with Crippen LogP contribution in [-0.4, -0.2) is 28.5 Å². The summed E-state index contributed by atoms with van der Waals surface area (Å²) in [5.41, 5.74) is 5.48. The van der Waals surface area contributed by atoms with Gasteiger partial charge in [0, 0.05) is 17.3 Å². The highest BCUT2D eigenvalue weighted by Gasteiger charge is 2.54. The average Bonchev–Trinajstić information content (AvgIpc) is 3.28. The Morgan fingerprint density at radius 2 is 1.67 bits per heavy atom. The van der Waals surface area contributed by atoms with Gasteiger partial charge in [0.15, 0.2) is 0 Å². The fourth-order valence-corrected chi connectivity index (χ4v) is 6.88. The lowest BCUT2D eigenvalue weighted by atomic mass is 9.49. The second kappa shape index (κ2) is 9.15. The Morgan fingerprint density at radius 3 is 2.28 bits per heavy atom. The molecule has 4 bridgehead atoms. The van der Waals surface area contributed by atoms with Gasteiger partial charge in [-0.05, 0) is 92.7 Å². The molecule has 1 aromatic heterocycles. The van der Waals surface area contributed by atoms with E-state index in [1.54, 1.807) is 23.0 Å². The Kier molecular flexibility index (Phi) is 5.82. The lowest BCUT2D eigenvalue weighted by Gasteiger charge is -2.55. The van der Waals surface area contributed by atoms with Crippen LogP contribution in [0.15, 0.2) is 65.9 Å². The highest BCUT2D eigenvalue weighted by atomic mass is 19.3. The fraction of sp³-hybridized carbons (Fsp3) is 0.393. The quantitative estimate of drug-likeness (QED) is 0.336. The topological polar surface area (TPSA) is 68.5 Å². The summed E-state index contributed by atoms with van der Waals surface area (Å²) in [5, 5.41) is 9.06. The molecule has 4 saturated carbocycles. The smallest absolute Gasteiger partial charge is 0.387 e. The van der Waals surface area contributed by atoms with E-state index in [0.717, 1.165) is 30.5 Å². The van der Waals surface area contributed by atoms with Gasteiger partial charge in [-0.15, -0.1) is 0 Å². The maximum absolute atomic E-state index is 13.3. The van der Waals surface area contributed by atoms with Gasteiger partial charge in [0.1, 0.15) is 11.4 Å². The minimum Gasteiger partial charge on any atom is -0.435 e. The van der Waals surface area contributed by atoms with Gasteiger partial charge in [-0.1, -0.05) is 18.2 Å². The van der Waals surface area contributed by atoms with Crippen molar-refractivity contribution in [3.63, 3.8) is 0 Å². The molecule has 1 heterocycles. The third-order valence-electron chi connectivity index (χ3n) is 8.01. The van der Waals surface area contributed by atoms with E-state index >= 15 is 0 Å². The molecule has 3 aromatic rings. The number of hydrogen-bond donors (Lipinski definition) is 1. The fourth-order valence-electron chi connectivity index (χ4n) is 6.88. The number of halogens is 2. The summed E-state index contributed by atoms with van der Waals surface area (Å²) in [4.78, 5) is 13.3. The molecule has 0 spiro atoms. The van der Waals surface area contributed by atoms with Crippen molar-refractivity contribution in [2.75, 3.05) is 0 Å². The molecule has 8 heteroatoms. The number of nitrogens with zero attached hydrogens (tertiary/aromatic N) is 3. The average molecular weight is 491 g/mol. The van der Waals surface area contributed by atoms with E-state index in [-0.39, 0.29) is 17.1 Å². The van der Waals surface area contributed by atoms with Gasteiger partial charge in [-0.2, -0.15) is 19.0 Å². The van der Waals surface area contributed by atoms with E-state index in [2.05, 4.69) is 15.3 Å². The molecule has 1 amide bonds. The van der Waals surface area contributed by atoms with Crippen LogP contribution in [0, 0.1) is 23.2 Å². The molecule has 0 aliphatic heterocycles. The summed E-state index contributed by atoms with van der Waals surface area (Å²) in [6, 6.07) is 16.0. The second-order valence-corrected chi connectivity index (χ2v) is 10.5. The predicted octanol–water partition coefficient (Wildman–Crippen LogP) is 5.81. The van der Waals surface area contributed by atoms with Crippen molar-refractivity contribution in [3.8, 4) is 22.7 Å². The monoisotopic (exact) mass is 490 g/mol. The molecule has 0 atom stereocenters. The number of para-hydroxylation sites is 1. The second-order valence-electron chi connectivity index (χ2n) is 10.5. The zero-order chi connectivity index (χ0) is 24.7. The number of rotatable bonds is 7. The Balaban J connectivity index is 1.25. The number of hydrazone groups is 1. The van der Waals surface area contributed by atoms with E-state index < -0.39 is 6.61 Å². The van der Waals surface area contributed by atoms with Crippen LogP contribution in [-0.2, 0) is 4.79 Å². The Hall–Kier alpha value is -3.55. The Bertz CT molecular complexity index is 1240. The van der Waals surface area contributed by atoms with E-state index in [1.165, 1.54) is 31.4 Å². The summed E-state index contributed by atoms with van der Waals surface area (Å²) in [5.74, 6) is 2.15. The first-order valence-corrected chi connectivity index (χ1v) is 12.5. The number of benzene rings is 2.